The fraction of sp³-hybridized carbons (Fsp3) is 0.259. The van der Waals surface area contributed by atoms with E-state index in [1.807, 2.05) is 48.5 Å². The summed E-state index contributed by atoms with van der Waals surface area (Å²) >= 11 is 0. The average Bonchev–Trinajstić information content (AvgIpc) is 3.34. The maximum absolute atomic E-state index is 13.5. The van der Waals surface area contributed by atoms with Crippen molar-refractivity contribution in [3.05, 3.63) is 95.3 Å². The van der Waals surface area contributed by atoms with E-state index >= 15 is 0 Å². The molecule has 1 aliphatic rings. The van der Waals surface area contributed by atoms with Crippen LogP contribution >= 0.6 is 0 Å². The second-order valence-corrected chi connectivity index (χ2v) is 8.16. The van der Waals surface area contributed by atoms with Gasteiger partial charge in [-0.25, -0.2) is 4.39 Å². The number of benzene rings is 3. The molecule has 0 saturated heterocycles. The highest BCUT2D eigenvalue weighted by atomic mass is 19.1. The van der Waals surface area contributed by atoms with Gasteiger partial charge in [0.15, 0.2) is 11.5 Å². The minimum Gasteiger partial charge on any atom is -0.454 e. The molecule has 0 aromatic heterocycles. The monoisotopic (exact) mass is 462 g/mol. The maximum Gasteiger partial charge on any atom is 0.242 e. The lowest BCUT2D eigenvalue weighted by Crippen LogP contribution is -2.49. The number of nitrogens with zero attached hydrogens (tertiary/aromatic N) is 1. The van der Waals surface area contributed by atoms with Crippen LogP contribution in [0.5, 0.6) is 11.5 Å². The van der Waals surface area contributed by atoms with Crippen LogP contribution in [0.1, 0.15) is 23.1 Å². The van der Waals surface area contributed by atoms with Gasteiger partial charge in [0.25, 0.3) is 0 Å². The van der Waals surface area contributed by atoms with E-state index in [0.717, 1.165) is 16.7 Å². The quantitative estimate of drug-likeness (QED) is 0.524. The van der Waals surface area contributed by atoms with Crippen LogP contribution in [0.25, 0.3) is 0 Å². The second kappa shape index (κ2) is 10.8. The maximum atomic E-state index is 13.5. The van der Waals surface area contributed by atoms with E-state index in [0.29, 0.717) is 24.3 Å². The van der Waals surface area contributed by atoms with Gasteiger partial charge in [-0.05, 0) is 47.4 Å². The molecule has 1 aliphatic heterocycles. The third-order valence-electron chi connectivity index (χ3n) is 5.85. The molecular formula is C27H27FN2O4. The van der Waals surface area contributed by atoms with Crippen LogP contribution in [-0.2, 0) is 29.0 Å². The standard InChI is InChI=1S/C27H27FN2O4/c1-29-27(32)23(15-19-5-3-2-4-6-19)30(17-21-7-11-22(28)12-8-21)26(31)14-10-20-9-13-24-25(16-20)34-18-33-24/h2-9,11-13,16,23H,10,14-15,17-18H2,1H3,(H,29,32). The molecule has 1 unspecified atom stereocenters. The fourth-order valence-corrected chi connectivity index (χ4v) is 4.00. The molecule has 0 fully saturated rings. The summed E-state index contributed by atoms with van der Waals surface area (Å²) in [6.45, 7) is 0.391. The lowest BCUT2D eigenvalue weighted by atomic mass is 10.0. The largest absolute Gasteiger partial charge is 0.454 e. The number of halogens is 1. The highest BCUT2D eigenvalue weighted by Crippen LogP contribution is 2.32. The van der Waals surface area contributed by atoms with E-state index in [4.69, 9.17) is 9.47 Å². The molecule has 0 aliphatic carbocycles. The van der Waals surface area contributed by atoms with E-state index in [1.165, 1.54) is 12.1 Å². The van der Waals surface area contributed by atoms with Crippen molar-refractivity contribution in [1.29, 1.82) is 0 Å². The zero-order chi connectivity index (χ0) is 23.9. The third kappa shape index (κ3) is 5.73. The second-order valence-electron chi connectivity index (χ2n) is 8.16. The van der Waals surface area contributed by atoms with Gasteiger partial charge in [0.05, 0.1) is 0 Å². The van der Waals surface area contributed by atoms with Crippen molar-refractivity contribution in [2.75, 3.05) is 13.8 Å². The van der Waals surface area contributed by atoms with Gasteiger partial charge in [0.2, 0.25) is 18.6 Å². The number of fused-ring (bicyclic) bond motifs is 1. The summed E-state index contributed by atoms with van der Waals surface area (Å²) in [5, 5.41) is 2.69. The van der Waals surface area contributed by atoms with Gasteiger partial charge >= 0.3 is 0 Å². The number of carbonyl (C=O) groups excluding carboxylic acids is 2. The van der Waals surface area contributed by atoms with Gasteiger partial charge in [-0.15, -0.1) is 0 Å². The Kier molecular flexibility index (Phi) is 7.42. The normalized spacial score (nSPS) is 12.8. The van der Waals surface area contributed by atoms with Crippen LogP contribution in [0.4, 0.5) is 4.39 Å². The molecule has 0 bridgehead atoms. The first-order valence-electron chi connectivity index (χ1n) is 11.2. The number of rotatable bonds is 9. The van der Waals surface area contributed by atoms with Crippen molar-refractivity contribution < 1.29 is 23.5 Å². The molecule has 3 aromatic carbocycles. The van der Waals surface area contributed by atoms with Crippen LogP contribution in [0.3, 0.4) is 0 Å². The highest BCUT2D eigenvalue weighted by Gasteiger charge is 2.29. The Labute approximate surface area is 198 Å². The van der Waals surface area contributed by atoms with Crippen molar-refractivity contribution in [1.82, 2.24) is 10.2 Å². The smallest absolute Gasteiger partial charge is 0.242 e. The van der Waals surface area contributed by atoms with Gasteiger partial charge in [0.1, 0.15) is 11.9 Å². The zero-order valence-corrected chi connectivity index (χ0v) is 19.0. The minimum atomic E-state index is -0.707. The molecule has 1 heterocycles. The topological polar surface area (TPSA) is 67.9 Å². The molecule has 176 valence electrons. The van der Waals surface area contributed by atoms with E-state index in [1.54, 1.807) is 24.1 Å². The molecule has 7 heteroatoms. The Morgan fingerprint density at radius 3 is 2.38 bits per heavy atom. The van der Waals surface area contributed by atoms with E-state index in [-0.39, 0.29) is 37.4 Å². The molecule has 4 rings (SSSR count). The molecular weight excluding hydrogens is 435 g/mol. The van der Waals surface area contributed by atoms with Crippen molar-refractivity contribution in [3.63, 3.8) is 0 Å². The first kappa shape index (κ1) is 23.3. The van der Waals surface area contributed by atoms with Crippen LogP contribution in [0.15, 0.2) is 72.8 Å². The number of hydrogen-bond acceptors (Lipinski definition) is 4. The summed E-state index contributed by atoms with van der Waals surface area (Å²) in [5.41, 5.74) is 2.64. The molecule has 1 atom stereocenters. The molecule has 6 nitrogen and oxygen atoms in total. The van der Waals surface area contributed by atoms with Gasteiger partial charge in [-0.2, -0.15) is 0 Å². The van der Waals surface area contributed by atoms with Crippen LogP contribution in [0.2, 0.25) is 0 Å². The van der Waals surface area contributed by atoms with Gasteiger partial charge in [0, 0.05) is 26.4 Å². The summed E-state index contributed by atoms with van der Waals surface area (Å²) in [7, 11) is 1.56. The Hall–Kier alpha value is -3.87. The van der Waals surface area contributed by atoms with Gasteiger partial charge in [-0.3, -0.25) is 9.59 Å². The number of carbonyl (C=O) groups is 2. The number of ether oxygens (including phenoxy) is 2. The molecule has 2 amide bonds. The Balaban J connectivity index is 1.56. The zero-order valence-electron chi connectivity index (χ0n) is 19.0. The molecule has 1 N–H and O–H groups in total. The summed E-state index contributed by atoms with van der Waals surface area (Å²) in [4.78, 5) is 28.0. The number of amides is 2. The van der Waals surface area contributed by atoms with Crippen molar-refractivity contribution in [2.45, 2.75) is 31.8 Å². The molecule has 3 aromatic rings. The van der Waals surface area contributed by atoms with Crippen molar-refractivity contribution in [3.8, 4) is 11.5 Å². The predicted molar refractivity (Wildman–Crippen MR) is 126 cm³/mol. The molecule has 0 saturated carbocycles. The predicted octanol–water partition coefficient (Wildman–Crippen LogP) is 3.87. The summed E-state index contributed by atoms with van der Waals surface area (Å²) in [6.07, 6.45) is 1.07. The van der Waals surface area contributed by atoms with Crippen LogP contribution in [0, 0.1) is 5.82 Å². The van der Waals surface area contributed by atoms with Gasteiger partial charge in [-0.1, -0.05) is 48.5 Å². The van der Waals surface area contributed by atoms with Crippen molar-refractivity contribution >= 4 is 11.8 Å². The highest BCUT2D eigenvalue weighted by molar-refractivity contribution is 5.88. The summed E-state index contributed by atoms with van der Waals surface area (Å²) < 4.78 is 24.2. The van der Waals surface area contributed by atoms with E-state index in [9.17, 15) is 14.0 Å². The average molecular weight is 463 g/mol. The number of hydrogen-bond donors (Lipinski definition) is 1. The first-order valence-corrected chi connectivity index (χ1v) is 11.2. The fourth-order valence-electron chi connectivity index (χ4n) is 4.00. The molecule has 34 heavy (non-hydrogen) atoms. The minimum absolute atomic E-state index is 0.161. The van der Waals surface area contributed by atoms with E-state index in [2.05, 4.69) is 5.32 Å². The van der Waals surface area contributed by atoms with E-state index < -0.39 is 6.04 Å². The third-order valence-corrected chi connectivity index (χ3v) is 5.85. The Morgan fingerprint density at radius 2 is 1.65 bits per heavy atom. The lowest BCUT2D eigenvalue weighted by Gasteiger charge is -2.31. The lowest BCUT2D eigenvalue weighted by molar-refractivity contribution is -0.141. The SMILES string of the molecule is CNC(=O)C(Cc1ccccc1)N(Cc1ccc(F)cc1)C(=O)CCc1ccc2c(c1)OCO2. The number of likely N-dealkylation sites (N-methyl/N-ethyl adjacent to an activating group) is 1. The Bertz CT molecular complexity index is 1140. The number of aryl methyl sites for hydroxylation is 1. The first-order chi connectivity index (χ1) is 16.5. The Morgan fingerprint density at radius 1 is 0.941 bits per heavy atom. The van der Waals surface area contributed by atoms with Gasteiger partial charge < -0.3 is 19.7 Å². The summed E-state index contributed by atoms with van der Waals surface area (Å²) in [6, 6.07) is 20.5. The molecule has 0 radical (unpaired) electrons. The van der Waals surface area contributed by atoms with Crippen molar-refractivity contribution in [2.24, 2.45) is 0 Å². The van der Waals surface area contributed by atoms with Crippen LogP contribution in [-0.4, -0.2) is 36.6 Å². The summed E-state index contributed by atoms with van der Waals surface area (Å²) in [5.74, 6) is 0.599. The van der Waals surface area contributed by atoms with Crippen LogP contribution < -0.4 is 14.8 Å². The molecule has 0 spiro atoms. The number of nitrogens with one attached hydrogen (secondary N) is 1.